The summed E-state index contributed by atoms with van der Waals surface area (Å²) in [5.41, 5.74) is 0. The molecule has 0 unspecified atom stereocenters. The third-order valence-electron chi connectivity index (χ3n) is 3.73. The van der Waals surface area contributed by atoms with Gasteiger partial charge in [0.25, 0.3) is 5.91 Å². The van der Waals surface area contributed by atoms with Crippen molar-refractivity contribution in [1.82, 2.24) is 10.2 Å². The normalized spacial score (nSPS) is 28.2. The van der Waals surface area contributed by atoms with Gasteiger partial charge >= 0.3 is 0 Å². The Balaban J connectivity index is 1.74. The fourth-order valence-corrected chi connectivity index (χ4v) is 2.98. The van der Waals surface area contributed by atoms with E-state index in [1.807, 2.05) is 17.9 Å². The van der Waals surface area contributed by atoms with Crippen molar-refractivity contribution in [3.05, 3.63) is 23.7 Å². The SMILES string of the molecule is Cc1ccc(C(=O)N2C[C@@H]3CNC[C@@H](C3)C2)o1. The van der Waals surface area contributed by atoms with Crippen LogP contribution in [0.2, 0.25) is 0 Å². The van der Waals surface area contributed by atoms with E-state index >= 15 is 0 Å². The fourth-order valence-electron chi connectivity index (χ4n) is 2.98. The number of aryl methyl sites for hydroxylation is 1. The number of likely N-dealkylation sites (tertiary alicyclic amines) is 1. The van der Waals surface area contributed by atoms with Crippen molar-refractivity contribution in [3.8, 4) is 0 Å². The van der Waals surface area contributed by atoms with E-state index in [0.29, 0.717) is 17.6 Å². The highest BCUT2D eigenvalue weighted by molar-refractivity contribution is 5.91. The van der Waals surface area contributed by atoms with Gasteiger partial charge in [0.1, 0.15) is 5.76 Å². The molecule has 2 atom stereocenters. The maximum Gasteiger partial charge on any atom is 0.289 e. The smallest absolute Gasteiger partial charge is 0.289 e. The molecule has 1 aromatic rings. The molecule has 0 radical (unpaired) electrons. The zero-order chi connectivity index (χ0) is 11.8. The Hall–Kier alpha value is -1.29. The second-order valence-corrected chi connectivity index (χ2v) is 5.25. The molecular formula is C13H18N2O2. The third kappa shape index (κ3) is 2.09. The van der Waals surface area contributed by atoms with Crippen LogP contribution >= 0.6 is 0 Å². The maximum absolute atomic E-state index is 12.3. The Morgan fingerprint density at radius 1 is 1.35 bits per heavy atom. The van der Waals surface area contributed by atoms with E-state index in [0.717, 1.165) is 31.9 Å². The number of furan rings is 1. The van der Waals surface area contributed by atoms with Crippen molar-refractivity contribution in [2.45, 2.75) is 13.3 Å². The van der Waals surface area contributed by atoms with Crippen molar-refractivity contribution in [3.63, 3.8) is 0 Å². The van der Waals surface area contributed by atoms with Gasteiger partial charge < -0.3 is 14.6 Å². The molecule has 2 fully saturated rings. The molecule has 0 aromatic carbocycles. The summed E-state index contributed by atoms with van der Waals surface area (Å²) in [6.45, 7) is 5.67. The number of piperidine rings is 2. The number of hydrogen-bond donors (Lipinski definition) is 1. The molecule has 3 heterocycles. The largest absolute Gasteiger partial charge is 0.456 e. The highest BCUT2D eigenvalue weighted by atomic mass is 16.3. The molecule has 17 heavy (non-hydrogen) atoms. The summed E-state index contributed by atoms with van der Waals surface area (Å²) in [6, 6.07) is 3.62. The van der Waals surface area contributed by atoms with E-state index in [9.17, 15) is 4.79 Å². The zero-order valence-electron chi connectivity index (χ0n) is 10.1. The lowest BCUT2D eigenvalue weighted by Gasteiger charge is -2.41. The molecule has 2 saturated heterocycles. The summed E-state index contributed by atoms with van der Waals surface area (Å²) in [6.07, 6.45) is 1.26. The number of rotatable bonds is 1. The summed E-state index contributed by atoms with van der Waals surface area (Å²) in [4.78, 5) is 14.2. The van der Waals surface area contributed by atoms with E-state index in [1.165, 1.54) is 6.42 Å². The van der Waals surface area contributed by atoms with E-state index in [1.54, 1.807) is 6.07 Å². The third-order valence-corrected chi connectivity index (χ3v) is 3.73. The van der Waals surface area contributed by atoms with Gasteiger partial charge in [-0.25, -0.2) is 0 Å². The van der Waals surface area contributed by atoms with Gasteiger partial charge in [-0.2, -0.15) is 0 Å². The molecule has 4 nitrogen and oxygen atoms in total. The highest BCUT2D eigenvalue weighted by Crippen LogP contribution is 2.25. The Labute approximate surface area is 101 Å². The second kappa shape index (κ2) is 4.18. The van der Waals surface area contributed by atoms with Crippen LogP contribution in [0.15, 0.2) is 16.5 Å². The van der Waals surface area contributed by atoms with Crippen LogP contribution in [-0.2, 0) is 0 Å². The molecule has 2 aliphatic rings. The second-order valence-electron chi connectivity index (χ2n) is 5.25. The van der Waals surface area contributed by atoms with Gasteiger partial charge in [0.2, 0.25) is 0 Å². The Morgan fingerprint density at radius 3 is 2.65 bits per heavy atom. The zero-order valence-corrected chi connectivity index (χ0v) is 10.1. The van der Waals surface area contributed by atoms with Gasteiger partial charge in [-0.15, -0.1) is 0 Å². The molecule has 0 aliphatic carbocycles. The molecule has 0 saturated carbocycles. The first-order chi connectivity index (χ1) is 8.22. The molecule has 92 valence electrons. The van der Waals surface area contributed by atoms with E-state index in [2.05, 4.69) is 5.32 Å². The molecule has 2 bridgehead atoms. The van der Waals surface area contributed by atoms with E-state index < -0.39 is 0 Å². The molecule has 0 spiro atoms. The maximum atomic E-state index is 12.3. The number of nitrogens with one attached hydrogen (secondary N) is 1. The standard InChI is InChI=1S/C13H18N2O2/c1-9-2-3-12(17-9)13(16)15-7-10-4-11(8-15)6-14-5-10/h2-3,10-11,14H,4-8H2,1H3/t10-,11+. The average molecular weight is 234 g/mol. The lowest BCUT2D eigenvalue weighted by molar-refractivity contribution is 0.0507. The predicted octanol–water partition coefficient (Wildman–Crippen LogP) is 1.27. The number of carbonyl (C=O) groups excluding carboxylic acids is 1. The summed E-state index contributed by atoms with van der Waals surface area (Å²) < 4.78 is 5.41. The predicted molar refractivity (Wildman–Crippen MR) is 63.8 cm³/mol. The van der Waals surface area contributed by atoms with Crippen molar-refractivity contribution >= 4 is 5.91 Å². The van der Waals surface area contributed by atoms with Crippen LogP contribution in [0.1, 0.15) is 22.7 Å². The first-order valence-corrected chi connectivity index (χ1v) is 6.29. The van der Waals surface area contributed by atoms with Crippen molar-refractivity contribution in [1.29, 1.82) is 0 Å². The highest BCUT2D eigenvalue weighted by Gasteiger charge is 2.33. The van der Waals surface area contributed by atoms with Crippen LogP contribution in [0.5, 0.6) is 0 Å². The molecular weight excluding hydrogens is 216 g/mol. The lowest BCUT2D eigenvalue weighted by atomic mass is 9.86. The fraction of sp³-hybridized carbons (Fsp3) is 0.615. The Kier molecular flexibility index (Phi) is 2.67. The van der Waals surface area contributed by atoms with Crippen LogP contribution in [0.3, 0.4) is 0 Å². The van der Waals surface area contributed by atoms with Gasteiger partial charge in [-0.3, -0.25) is 4.79 Å². The van der Waals surface area contributed by atoms with Gasteiger partial charge in [0.05, 0.1) is 0 Å². The number of hydrogen-bond acceptors (Lipinski definition) is 3. The monoisotopic (exact) mass is 234 g/mol. The van der Waals surface area contributed by atoms with Crippen LogP contribution < -0.4 is 5.32 Å². The molecule has 4 heteroatoms. The Morgan fingerprint density at radius 2 is 2.06 bits per heavy atom. The molecule has 1 aromatic heterocycles. The summed E-state index contributed by atoms with van der Waals surface area (Å²) in [7, 11) is 0. The molecule has 2 aliphatic heterocycles. The van der Waals surface area contributed by atoms with Gasteiger partial charge in [0, 0.05) is 13.1 Å². The average Bonchev–Trinajstić information content (AvgIpc) is 2.74. The first-order valence-electron chi connectivity index (χ1n) is 6.29. The summed E-state index contributed by atoms with van der Waals surface area (Å²) in [5, 5.41) is 3.43. The lowest BCUT2D eigenvalue weighted by Crippen LogP contribution is -2.52. The molecule has 1 amide bonds. The minimum absolute atomic E-state index is 0.0506. The Bertz CT molecular complexity index is 415. The van der Waals surface area contributed by atoms with Crippen LogP contribution in [0, 0.1) is 18.8 Å². The number of fused-ring (bicyclic) bond motifs is 2. The molecule has 3 rings (SSSR count). The van der Waals surface area contributed by atoms with Crippen molar-refractivity contribution in [2.75, 3.05) is 26.2 Å². The van der Waals surface area contributed by atoms with Crippen molar-refractivity contribution in [2.24, 2.45) is 11.8 Å². The number of carbonyl (C=O) groups is 1. The topological polar surface area (TPSA) is 45.5 Å². The quantitative estimate of drug-likeness (QED) is 0.796. The van der Waals surface area contributed by atoms with Gasteiger partial charge in [-0.05, 0) is 50.4 Å². The van der Waals surface area contributed by atoms with Gasteiger partial charge in [-0.1, -0.05) is 0 Å². The summed E-state index contributed by atoms with van der Waals surface area (Å²) >= 11 is 0. The van der Waals surface area contributed by atoms with Crippen molar-refractivity contribution < 1.29 is 9.21 Å². The number of amides is 1. The molecule has 1 N–H and O–H groups in total. The number of nitrogens with zero attached hydrogens (tertiary/aromatic N) is 1. The van der Waals surface area contributed by atoms with Crippen LogP contribution in [0.4, 0.5) is 0 Å². The van der Waals surface area contributed by atoms with Crippen LogP contribution in [0.25, 0.3) is 0 Å². The first kappa shape index (κ1) is 10.8. The minimum Gasteiger partial charge on any atom is -0.456 e. The van der Waals surface area contributed by atoms with Crippen LogP contribution in [-0.4, -0.2) is 37.0 Å². The van der Waals surface area contributed by atoms with E-state index in [4.69, 9.17) is 4.42 Å². The minimum atomic E-state index is 0.0506. The van der Waals surface area contributed by atoms with E-state index in [-0.39, 0.29) is 5.91 Å². The summed E-state index contributed by atoms with van der Waals surface area (Å²) in [5.74, 6) is 2.56. The van der Waals surface area contributed by atoms with Gasteiger partial charge in [0.15, 0.2) is 5.76 Å².